The lowest BCUT2D eigenvalue weighted by Crippen LogP contribution is -2.28. The highest BCUT2D eigenvalue weighted by Crippen LogP contribution is 2.25. The Hall–Kier alpha value is -3.09. The Balaban J connectivity index is 1.87. The molecule has 0 radical (unpaired) electrons. The smallest absolute Gasteiger partial charge is 0.132 e. The molecule has 148 valence electrons. The Morgan fingerprint density at radius 2 is 2.14 bits per heavy atom. The molecule has 1 atom stereocenters. The van der Waals surface area contributed by atoms with Crippen LogP contribution in [0.15, 0.2) is 53.1 Å². The quantitative estimate of drug-likeness (QED) is 0.665. The molecule has 3 rings (SSSR count). The van der Waals surface area contributed by atoms with Gasteiger partial charge in [-0.2, -0.15) is 0 Å². The zero-order chi connectivity index (χ0) is 20.3. The monoisotopic (exact) mass is 379 g/mol. The summed E-state index contributed by atoms with van der Waals surface area (Å²) < 4.78 is 0. The van der Waals surface area contributed by atoms with Crippen molar-refractivity contribution >= 4 is 28.4 Å². The Bertz CT molecular complexity index is 943. The minimum Gasteiger partial charge on any atom is -0.404 e. The predicted molar refractivity (Wildman–Crippen MR) is 117 cm³/mol. The van der Waals surface area contributed by atoms with Crippen molar-refractivity contribution in [1.82, 2.24) is 9.97 Å². The maximum atomic E-state index is 6.12. The fraction of sp³-hybridized carbons (Fsp3) is 0.381. The molecular formula is C21H29N7. The third kappa shape index (κ3) is 4.24. The normalized spacial score (nSPS) is 18.1. The SMILES string of the molecule is CCC1=NC(C)CN1c1cnc2ccc(N/C(N)=C/C(=C\N)C(C)C)nc2c1. The molecule has 0 saturated carbocycles. The Morgan fingerprint density at radius 3 is 2.82 bits per heavy atom. The van der Waals surface area contributed by atoms with Gasteiger partial charge in [0, 0.05) is 13.0 Å². The van der Waals surface area contributed by atoms with Crippen LogP contribution in [0.25, 0.3) is 11.0 Å². The molecule has 0 fully saturated rings. The van der Waals surface area contributed by atoms with Gasteiger partial charge in [0.2, 0.25) is 0 Å². The van der Waals surface area contributed by atoms with Crippen LogP contribution in [0.4, 0.5) is 11.5 Å². The second-order valence-electron chi connectivity index (χ2n) is 7.33. The van der Waals surface area contributed by atoms with Gasteiger partial charge in [-0.25, -0.2) is 4.98 Å². The van der Waals surface area contributed by atoms with Crippen molar-refractivity contribution in [2.45, 2.75) is 40.2 Å². The van der Waals surface area contributed by atoms with E-state index < -0.39 is 0 Å². The fourth-order valence-corrected chi connectivity index (χ4v) is 3.26. The van der Waals surface area contributed by atoms with Crippen molar-refractivity contribution in [2.75, 3.05) is 16.8 Å². The number of nitrogens with two attached hydrogens (primary N) is 2. The van der Waals surface area contributed by atoms with E-state index in [0.717, 1.165) is 41.1 Å². The van der Waals surface area contributed by atoms with E-state index in [0.29, 0.717) is 23.6 Å². The van der Waals surface area contributed by atoms with Gasteiger partial charge < -0.3 is 21.7 Å². The summed E-state index contributed by atoms with van der Waals surface area (Å²) in [6.45, 7) is 9.25. The number of amidine groups is 1. The molecule has 5 N–H and O–H groups in total. The van der Waals surface area contributed by atoms with E-state index in [4.69, 9.17) is 16.5 Å². The predicted octanol–water partition coefficient (Wildman–Crippen LogP) is 3.36. The lowest BCUT2D eigenvalue weighted by molar-refractivity contribution is 0.786. The van der Waals surface area contributed by atoms with Crippen LogP contribution in [-0.4, -0.2) is 28.4 Å². The van der Waals surface area contributed by atoms with Crippen LogP contribution in [0.1, 0.15) is 34.1 Å². The van der Waals surface area contributed by atoms with E-state index in [1.165, 1.54) is 0 Å². The molecule has 0 bridgehead atoms. The first-order chi connectivity index (χ1) is 13.4. The number of rotatable bonds is 6. The maximum absolute atomic E-state index is 6.12. The van der Waals surface area contributed by atoms with E-state index in [1.807, 2.05) is 24.4 Å². The summed E-state index contributed by atoms with van der Waals surface area (Å²) in [5.41, 5.74) is 15.4. The van der Waals surface area contributed by atoms with Crippen LogP contribution < -0.4 is 21.7 Å². The molecule has 7 nitrogen and oxygen atoms in total. The minimum atomic E-state index is 0.291. The number of fused-ring (bicyclic) bond motifs is 1. The molecular weight excluding hydrogens is 350 g/mol. The van der Waals surface area contributed by atoms with Gasteiger partial charge in [0.15, 0.2) is 0 Å². The zero-order valence-electron chi connectivity index (χ0n) is 17.0. The second kappa shape index (κ2) is 8.29. The molecule has 28 heavy (non-hydrogen) atoms. The van der Waals surface area contributed by atoms with E-state index in [9.17, 15) is 0 Å². The lowest BCUT2D eigenvalue weighted by Gasteiger charge is -2.20. The van der Waals surface area contributed by atoms with Crippen LogP contribution in [0.5, 0.6) is 0 Å². The van der Waals surface area contributed by atoms with Crippen molar-refractivity contribution in [1.29, 1.82) is 0 Å². The summed E-state index contributed by atoms with van der Waals surface area (Å²) in [5.74, 6) is 2.54. The Morgan fingerprint density at radius 1 is 1.36 bits per heavy atom. The molecule has 0 saturated heterocycles. The molecule has 7 heteroatoms. The lowest BCUT2D eigenvalue weighted by atomic mass is 10.0. The van der Waals surface area contributed by atoms with Crippen molar-refractivity contribution in [3.63, 3.8) is 0 Å². The molecule has 3 heterocycles. The summed E-state index contributed by atoms with van der Waals surface area (Å²) in [5, 5.41) is 3.14. The number of hydrogen-bond donors (Lipinski definition) is 3. The highest BCUT2D eigenvalue weighted by Gasteiger charge is 2.22. The van der Waals surface area contributed by atoms with Gasteiger partial charge in [0.25, 0.3) is 0 Å². The summed E-state index contributed by atoms with van der Waals surface area (Å²) >= 11 is 0. The molecule has 1 aliphatic rings. The molecule has 0 spiro atoms. The third-order valence-electron chi connectivity index (χ3n) is 4.73. The number of nitrogens with one attached hydrogen (secondary N) is 1. The summed E-state index contributed by atoms with van der Waals surface area (Å²) in [6, 6.07) is 6.15. The molecule has 1 aliphatic heterocycles. The third-order valence-corrected chi connectivity index (χ3v) is 4.73. The first kappa shape index (κ1) is 19.7. The molecule has 1 unspecified atom stereocenters. The maximum Gasteiger partial charge on any atom is 0.132 e. The van der Waals surface area contributed by atoms with Gasteiger partial charge in [-0.3, -0.25) is 9.98 Å². The molecule has 0 amide bonds. The standard InChI is InChI=1S/C21H29N7/c1-5-21-25-14(4)12-28(21)16-9-18-17(24-11-16)6-7-20(26-18)27-19(23)8-15(10-22)13(2)3/h6-11,13-14H,5,12,22-23H2,1-4H3,(H,26,27)/b15-10+,19-8+. The summed E-state index contributed by atoms with van der Waals surface area (Å²) in [7, 11) is 0. The average Bonchev–Trinajstić information content (AvgIpc) is 3.06. The Labute approximate surface area is 166 Å². The van der Waals surface area contributed by atoms with Crippen LogP contribution in [0, 0.1) is 5.92 Å². The van der Waals surface area contributed by atoms with Gasteiger partial charge >= 0.3 is 0 Å². The van der Waals surface area contributed by atoms with Crippen LogP contribution >= 0.6 is 0 Å². The highest BCUT2D eigenvalue weighted by molar-refractivity contribution is 6.00. The first-order valence-corrected chi connectivity index (χ1v) is 9.68. The van der Waals surface area contributed by atoms with Gasteiger partial charge in [0.05, 0.1) is 29.0 Å². The second-order valence-corrected chi connectivity index (χ2v) is 7.33. The minimum absolute atomic E-state index is 0.291. The number of anilines is 2. The first-order valence-electron chi connectivity index (χ1n) is 9.68. The Kier molecular flexibility index (Phi) is 5.82. The van der Waals surface area contributed by atoms with E-state index >= 15 is 0 Å². The van der Waals surface area contributed by atoms with Crippen molar-refractivity contribution in [2.24, 2.45) is 22.4 Å². The van der Waals surface area contributed by atoms with Crippen LogP contribution in [0.2, 0.25) is 0 Å². The van der Waals surface area contributed by atoms with Gasteiger partial charge in [-0.1, -0.05) is 20.8 Å². The summed E-state index contributed by atoms with van der Waals surface area (Å²) in [6.07, 6.45) is 6.19. The number of aliphatic imine (C=N–C) groups is 1. The molecule has 0 aliphatic carbocycles. The number of hydrogen-bond acceptors (Lipinski definition) is 7. The van der Waals surface area contributed by atoms with Gasteiger partial charge in [0.1, 0.15) is 17.5 Å². The van der Waals surface area contributed by atoms with Gasteiger partial charge in [-0.15, -0.1) is 0 Å². The molecule has 2 aromatic rings. The van der Waals surface area contributed by atoms with E-state index in [-0.39, 0.29) is 0 Å². The van der Waals surface area contributed by atoms with Crippen LogP contribution in [-0.2, 0) is 0 Å². The number of aromatic nitrogens is 2. The topological polar surface area (TPSA) is 105 Å². The zero-order valence-corrected chi connectivity index (χ0v) is 17.0. The number of allylic oxidation sites excluding steroid dienone is 2. The van der Waals surface area contributed by atoms with E-state index in [1.54, 1.807) is 6.20 Å². The van der Waals surface area contributed by atoms with Crippen molar-refractivity contribution in [3.8, 4) is 0 Å². The largest absolute Gasteiger partial charge is 0.404 e. The van der Waals surface area contributed by atoms with Crippen molar-refractivity contribution in [3.05, 3.63) is 48.1 Å². The number of pyridine rings is 2. The van der Waals surface area contributed by atoms with Gasteiger partial charge in [-0.05, 0) is 48.9 Å². The molecule has 0 aromatic carbocycles. The number of nitrogens with zero attached hydrogens (tertiary/aromatic N) is 4. The summed E-state index contributed by atoms with van der Waals surface area (Å²) in [4.78, 5) is 16.2. The van der Waals surface area contributed by atoms with Crippen LogP contribution in [0.3, 0.4) is 0 Å². The fourth-order valence-electron chi connectivity index (χ4n) is 3.26. The molecule has 2 aromatic heterocycles. The van der Waals surface area contributed by atoms with Crippen molar-refractivity contribution < 1.29 is 0 Å². The average molecular weight is 380 g/mol. The van der Waals surface area contributed by atoms with E-state index in [2.05, 4.69) is 53.9 Å². The highest BCUT2D eigenvalue weighted by atomic mass is 15.3.